The van der Waals surface area contributed by atoms with Gasteiger partial charge in [-0.15, -0.1) is 6.58 Å². The van der Waals surface area contributed by atoms with Crippen LogP contribution in [0.15, 0.2) is 12.7 Å². The molecule has 0 saturated carbocycles. The number of hydrogen-bond acceptors (Lipinski definition) is 1. The molecule has 2 fully saturated rings. The van der Waals surface area contributed by atoms with E-state index in [9.17, 15) is 0 Å². The number of hydrogen-bond donors (Lipinski definition) is 0. The lowest BCUT2D eigenvalue weighted by Crippen LogP contribution is -2.32. The molecular weight excluding hydrogens is 218 g/mol. The topological polar surface area (TPSA) is 3.24 Å². The molecule has 3 atom stereocenters. The van der Waals surface area contributed by atoms with Crippen LogP contribution in [0.2, 0.25) is 0 Å². The second-order valence-corrected chi connectivity index (χ2v) is 6.44. The Morgan fingerprint density at radius 1 is 1.06 bits per heavy atom. The van der Waals surface area contributed by atoms with Crippen molar-refractivity contribution >= 4 is 0 Å². The third-order valence-electron chi connectivity index (χ3n) is 5.14. The van der Waals surface area contributed by atoms with Gasteiger partial charge in [-0.05, 0) is 51.0 Å². The monoisotopic (exact) mass is 249 g/mol. The quantitative estimate of drug-likeness (QED) is 0.442. The van der Waals surface area contributed by atoms with Crippen LogP contribution in [-0.4, -0.2) is 23.5 Å². The SMILES string of the molecule is C=CCCCCCCCC1CCC2C(C)CCN12. The lowest BCUT2D eigenvalue weighted by molar-refractivity contribution is 0.218. The molecule has 0 aromatic carbocycles. The van der Waals surface area contributed by atoms with Crippen molar-refractivity contribution in [2.75, 3.05) is 6.54 Å². The Balaban J connectivity index is 1.53. The maximum absolute atomic E-state index is 3.78. The van der Waals surface area contributed by atoms with Crippen LogP contribution < -0.4 is 0 Å². The standard InChI is InChI=1S/C17H31N/c1-3-4-5-6-7-8-9-10-16-11-12-17-15(2)13-14-18(16)17/h3,15-17H,1,4-14H2,2H3. The summed E-state index contributed by atoms with van der Waals surface area (Å²) < 4.78 is 0. The van der Waals surface area contributed by atoms with Crippen molar-refractivity contribution in [2.45, 2.75) is 83.2 Å². The Morgan fingerprint density at radius 3 is 2.67 bits per heavy atom. The number of allylic oxidation sites excluding steroid dienone is 1. The molecule has 2 saturated heterocycles. The van der Waals surface area contributed by atoms with Gasteiger partial charge in [0.1, 0.15) is 0 Å². The Bertz CT molecular complexity index is 248. The molecule has 2 aliphatic heterocycles. The summed E-state index contributed by atoms with van der Waals surface area (Å²) in [5, 5.41) is 0. The molecule has 3 unspecified atom stereocenters. The van der Waals surface area contributed by atoms with E-state index in [0.29, 0.717) is 0 Å². The lowest BCUT2D eigenvalue weighted by Gasteiger charge is -2.24. The molecule has 0 bridgehead atoms. The van der Waals surface area contributed by atoms with Crippen molar-refractivity contribution < 1.29 is 0 Å². The average molecular weight is 249 g/mol. The van der Waals surface area contributed by atoms with E-state index in [0.717, 1.165) is 18.0 Å². The summed E-state index contributed by atoms with van der Waals surface area (Å²) in [6.45, 7) is 7.61. The third-order valence-corrected chi connectivity index (χ3v) is 5.14. The van der Waals surface area contributed by atoms with E-state index in [4.69, 9.17) is 0 Å². The van der Waals surface area contributed by atoms with Crippen molar-refractivity contribution in [2.24, 2.45) is 5.92 Å². The van der Waals surface area contributed by atoms with E-state index in [1.165, 1.54) is 70.8 Å². The van der Waals surface area contributed by atoms with Crippen molar-refractivity contribution in [3.8, 4) is 0 Å². The Morgan fingerprint density at radius 2 is 1.83 bits per heavy atom. The smallest absolute Gasteiger partial charge is 0.0125 e. The second kappa shape index (κ2) is 7.33. The van der Waals surface area contributed by atoms with E-state index < -0.39 is 0 Å². The van der Waals surface area contributed by atoms with Crippen molar-refractivity contribution in [3.05, 3.63) is 12.7 Å². The first-order valence-corrected chi connectivity index (χ1v) is 8.19. The van der Waals surface area contributed by atoms with Gasteiger partial charge < -0.3 is 0 Å². The molecule has 0 aliphatic carbocycles. The first kappa shape index (κ1) is 14.1. The molecule has 2 aliphatic rings. The van der Waals surface area contributed by atoms with Gasteiger partial charge in [0.2, 0.25) is 0 Å². The normalized spacial score (nSPS) is 31.7. The summed E-state index contributed by atoms with van der Waals surface area (Å²) in [6.07, 6.45) is 16.2. The lowest BCUT2D eigenvalue weighted by atomic mass is 9.99. The van der Waals surface area contributed by atoms with Gasteiger partial charge in [0, 0.05) is 12.1 Å². The fraction of sp³-hybridized carbons (Fsp3) is 0.882. The summed E-state index contributed by atoms with van der Waals surface area (Å²) >= 11 is 0. The maximum Gasteiger partial charge on any atom is 0.0125 e. The molecule has 1 nitrogen and oxygen atoms in total. The molecule has 0 radical (unpaired) electrons. The number of rotatable bonds is 8. The van der Waals surface area contributed by atoms with Crippen LogP contribution in [-0.2, 0) is 0 Å². The van der Waals surface area contributed by atoms with Gasteiger partial charge >= 0.3 is 0 Å². The molecule has 104 valence electrons. The summed E-state index contributed by atoms with van der Waals surface area (Å²) in [6, 6.07) is 1.88. The molecule has 0 amide bonds. The van der Waals surface area contributed by atoms with Crippen molar-refractivity contribution in [3.63, 3.8) is 0 Å². The van der Waals surface area contributed by atoms with E-state index in [-0.39, 0.29) is 0 Å². The van der Waals surface area contributed by atoms with Crippen LogP contribution in [0.25, 0.3) is 0 Å². The highest BCUT2D eigenvalue weighted by Crippen LogP contribution is 2.37. The number of nitrogens with zero attached hydrogens (tertiary/aromatic N) is 1. The average Bonchev–Trinajstić information content (AvgIpc) is 2.93. The largest absolute Gasteiger partial charge is 0.297 e. The molecule has 0 spiro atoms. The minimum absolute atomic E-state index is 0.938. The van der Waals surface area contributed by atoms with Gasteiger partial charge in [-0.2, -0.15) is 0 Å². The van der Waals surface area contributed by atoms with E-state index in [1.54, 1.807) is 0 Å². The van der Waals surface area contributed by atoms with Gasteiger partial charge in [-0.25, -0.2) is 0 Å². The highest BCUT2D eigenvalue weighted by molar-refractivity contribution is 4.94. The predicted molar refractivity (Wildman–Crippen MR) is 79.8 cm³/mol. The first-order valence-electron chi connectivity index (χ1n) is 8.19. The van der Waals surface area contributed by atoms with Gasteiger partial charge in [-0.1, -0.05) is 38.7 Å². The van der Waals surface area contributed by atoms with Crippen LogP contribution in [0.1, 0.15) is 71.1 Å². The third kappa shape index (κ3) is 3.60. The minimum Gasteiger partial charge on any atom is -0.297 e. The second-order valence-electron chi connectivity index (χ2n) is 6.44. The summed E-state index contributed by atoms with van der Waals surface area (Å²) in [4.78, 5) is 2.84. The summed E-state index contributed by atoms with van der Waals surface area (Å²) in [5.41, 5.74) is 0. The van der Waals surface area contributed by atoms with Crippen LogP contribution in [0.3, 0.4) is 0 Å². The van der Waals surface area contributed by atoms with Gasteiger partial charge in [-0.3, -0.25) is 4.90 Å². The van der Waals surface area contributed by atoms with E-state index in [2.05, 4.69) is 18.4 Å². The Labute approximate surface area is 114 Å². The number of fused-ring (bicyclic) bond motifs is 1. The predicted octanol–water partition coefficient (Wildman–Crippen LogP) is 4.78. The van der Waals surface area contributed by atoms with Crippen LogP contribution in [0.4, 0.5) is 0 Å². The fourth-order valence-electron chi connectivity index (χ4n) is 3.98. The minimum atomic E-state index is 0.938. The van der Waals surface area contributed by atoms with Crippen LogP contribution in [0, 0.1) is 5.92 Å². The maximum atomic E-state index is 3.78. The van der Waals surface area contributed by atoms with E-state index in [1.807, 2.05) is 6.08 Å². The molecule has 0 aromatic rings. The Hall–Kier alpha value is -0.300. The fourth-order valence-corrected chi connectivity index (χ4v) is 3.98. The molecule has 2 heterocycles. The summed E-state index contributed by atoms with van der Waals surface area (Å²) in [5.74, 6) is 0.967. The molecule has 2 rings (SSSR count). The molecule has 1 heteroatoms. The van der Waals surface area contributed by atoms with Crippen molar-refractivity contribution in [1.29, 1.82) is 0 Å². The highest BCUT2D eigenvalue weighted by Gasteiger charge is 2.39. The molecule has 0 N–H and O–H groups in total. The zero-order valence-electron chi connectivity index (χ0n) is 12.2. The molecule has 18 heavy (non-hydrogen) atoms. The zero-order valence-corrected chi connectivity index (χ0v) is 12.2. The molecule has 0 aromatic heterocycles. The highest BCUT2D eigenvalue weighted by atomic mass is 15.2. The summed E-state index contributed by atoms with van der Waals surface area (Å²) in [7, 11) is 0. The van der Waals surface area contributed by atoms with E-state index >= 15 is 0 Å². The first-order chi connectivity index (χ1) is 8.83. The number of unbranched alkanes of at least 4 members (excludes halogenated alkanes) is 5. The zero-order chi connectivity index (χ0) is 12.8. The van der Waals surface area contributed by atoms with Gasteiger partial charge in [0.25, 0.3) is 0 Å². The van der Waals surface area contributed by atoms with Gasteiger partial charge in [0.05, 0.1) is 0 Å². The van der Waals surface area contributed by atoms with Crippen molar-refractivity contribution in [1.82, 2.24) is 4.90 Å². The van der Waals surface area contributed by atoms with Crippen LogP contribution >= 0.6 is 0 Å². The molecular formula is C17H31N. The van der Waals surface area contributed by atoms with Crippen LogP contribution in [0.5, 0.6) is 0 Å². The Kier molecular flexibility index (Phi) is 5.75. The van der Waals surface area contributed by atoms with Gasteiger partial charge in [0.15, 0.2) is 0 Å².